The van der Waals surface area contributed by atoms with Crippen LogP contribution in [0.1, 0.15) is 43.7 Å². The molecule has 2 atom stereocenters. The Kier molecular flexibility index (Phi) is 5.51. The molecule has 0 aromatic heterocycles. The van der Waals surface area contributed by atoms with Gasteiger partial charge in [-0.1, -0.05) is 30.3 Å². The van der Waals surface area contributed by atoms with Crippen LogP contribution in [0.25, 0.3) is 0 Å². The van der Waals surface area contributed by atoms with Crippen LogP contribution in [-0.4, -0.2) is 41.5 Å². The highest BCUT2D eigenvalue weighted by atomic mass is 16.3. The SMILES string of the molecule is O=C(N[C@H](CCO)c1ccccc1)[C@@H]1CCCN(C(=O)C2CC2)C1. The molecular weight excluding hydrogens is 304 g/mol. The molecule has 5 nitrogen and oxygen atoms in total. The van der Waals surface area contributed by atoms with E-state index in [-0.39, 0.29) is 36.3 Å². The average Bonchev–Trinajstić information content (AvgIpc) is 3.46. The van der Waals surface area contributed by atoms with Crippen LogP contribution in [-0.2, 0) is 9.59 Å². The van der Waals surface area contributed by atoms with E-state index >= 15 is 0 Å². The minimum Gasteiger partial charge on any atom is -0.396 e. The summed E-state index contributed by atoms with van der Waals surface area (Å²) in [7, 11) is 0. The van der Waals surface area contributed by atoms with Crippen LogP contribution in [0.2, 0.25) is 0 Å². The molecule has 0 bridgehead atoms. The lowest BCUT2D eigenvalue weighted by molar-refractivity contribution is -0.137. The Bertz CT molecular complexity index is 571. The molecule has 1 heterocycles. The maximum absolute atomic E-state index is 12.7. The number of hydrogen-bond donors (Lipinski definition) is 2. The van der Waals surface area contributed by atoms with Crippen molar-refractivity contribution in [2.45, 2.75) is 38.1 Å². The highest BCUT2D eigenvalue weighted by molar-refractivity contribution is 5.83. The van der Waals surface area contributed by atoms with Crippen molar-refractivity contribution < 1.29 is 14.7 Å². The molecule has 2 N–H and O–H groups in total. The molecule has 1 saturated carbocycles. The van der Waals surface area contributed by atoms with Crippen molar-refractivity contribution in [1.82, 2.24) is 10.2 Å². The van der Waals surface area contributed by atoms with E-state index in [1.807, 2.05) is 35.2 Å². The minimum atomic E-state index is -0.182. The summed E-state index contributed by atoms with van der Waals surface area (Å²) in [5.41, 5.74) is 1.00. The molecule has 1 saturated heterocycles. The fraction of sp³-hybridized carbons (Fsp3) is 0.579. The number of aliphatic hydroxyl groups is 1. The summed E-state index contributed by atoms with van der Waals surface area (Å²) in [5.74, 6) is 0.276. The topological polar surface area (TPSA) is 69.6 Å². The van der Waals surface area contributed by atoms with Crippen molar-refractivity contribution in [2.24, 2.45) is 11.8 Å². The summed E-state index contributed by atoms with van der Waals surface area (Å²) < 4.78 is 0. The third kappa shape index (κ3) is 4.15. The van der Waals surface area contributed by atoms with E-state index < -0.39 is 0 Å². The number of piperidine rings is 1. The van der Waals surface area contributed by atoms with Crippen LogP contribution in [0.4, 0.5) is 0 Å². The number of benzene rings is 1. The van der Waals surface area contributed by atoms with Gasteiger partial charge >= 0.3 is 0 Å². The van der Waals surface area contributed by atoms with Crippen molar-refractivity contribution >= 4 is 11.8 Å². The second kappa shape index (κ2) is 7.79. The Labute approximate surface area is 143 Å². The third-order valence-electron chi connectivity index (χ3n) is 4.97. The van der Waals surface area contributed by atoms with Gasteiger partial charge in [-0.3, -0.25) is 9.59 Å². The highest BCUT2D eigenvalue weighted by Gasteiger charge is 2.37. The summed E-state index contributed by atoms with van der Waals surface area (Å²) in [6, 6.07) is 9.54. The van der Waals surface area contributed by atoms with Gasteiger partial charge in [-0.15, -0.1) is 0 Å². The first kappa shape index (κ1) is 17.0. The van der Waals surface area contributed by atoms with Gasteiger partial charge in [-0.2, -0.15) is 0 Å². The Morgan fingerprint density at radius 2 is 1.92 bits per heavy atom. The molecule has 1 aliphatic heterocycles. The van der Waals surface area contributed by atoms with Crippen molar-refractivity contribution in [3.05, 3.63) is 35.9 Å². The highest BCUT2D eigenvalue weighted by Crippen LogP contribution is 2.32. The van der Waals surface area contributed by atoms with Crippen molar-refractivity contribution in [3.63, 3.8) is 0 Å². The molecule has 2 fully saturated rings. The Morgan fingerprint density at radius 3 is 2.58 bits per heavy atom. The molecule has 1 aromatic rings. The van der Waals surface area contributed by atoms with Crippen molar-refractivity contribution in [2.75, 3.05) is 19.7 Å². The molecule has 1 aliphatic carbocycles. The molecule has 5 heteroatoms. The zero-order chi connectivity index (χ0) is 16.9. The Morgan fingerprint density at radius 1 is 1.17 bits per heavy atom. The standard InChI is InChI=1S/C19H26N2O3/c22-12-10-17(14-5-2-1-3-6-14)20-18(23)16-7-4-11-21(13-16)19(24)15-8-9-15/h1-3,5-6,15-17,22H,4,7-13H2,(H,20,23)/t16-,17-/m1/s1. The average molecular weight is 330 g/mol. The maximum atomic E-state index is 12.7. The summed E-state index contributed by atoms with van der Waals surface area (Å²) in [6.07, 6.45) is 4.19. The first-order valence-corrected chi connectivity index (χ1v) is 8.94. The summed E-state index contributed by atoms with van der Waals surface area (Å²) in [4.78, 5) is 26.8. The number of amides is 2. The molecule has 2 amide bonds. The van der Waals surface area contributed by atoms with Crippen LogP contribution < -0.4 is 5.32 Å². The monoisotopic (exact) mass is 330 g/mol. The van der Waals surface area contributed by atoms with E-state index in [0.29, 0.717) is 13.0 Å². The smallest absolute Gasteiger partial charge is 0.225 e. The predicted octanol–water partition coefficient (Wildman–Crippen LogP) is 1.87. The minimum absolute atomic E-state index is 0.00870. The first-order chi connectivity index (χ1) is 11.7. The zero-order valence-electron chi connectivity index (χ0n) is 14.0. The van der Waals surface area contributed by atoms with Gasteiger partial charge in [-0.25, -0.2) is 0 Å². The largest absolute Gasteiger partial charge is 0.396 e. The van der Waals surface area contributed by atoms with Crippen LogP contribution >= 0.6 is 0 Å². The molecular formula is C19H26N2O3. The first-order valence-electron chi connectivity index (χ1n) is 8.94. The lowest BCUT2D eigenvalue weighted by Gasteiger charge is -2.33. The molecule has 24 heavy (non-hydrogen) atoms. The van der Waals surface area contributed by atoms with Gasteiger partial charge < -0.3 is 15.3 Å². The van der Waals surface area contributed by atoms with Crippen molar-refractivity contribution in [3.8, 4) is 0 Å². The number of hydrogen-bond acceptors (Lipinski definition) is 3. The van der Waals surface area contributed by atoms with Gasteiger partial charge in [0.1, 0.15) is 0 Å². The number of carbonyl (C=O) groups is 2. The summed E-state index contributed by atoms with van der Waals surface area (Å²) in [5, 5.41) is 12.4. The fourth-order valence-corrected chi connectivity index (χ4v) is 3.41. The molecule has 0 radical (unpaired) electrons. The quantitative estimate of drug-likeness (QED) is 0.837. The molecule has 2 aliphatic rings. The molecule has 130 valence electrons. The Hall–Kier alpha value is -1.88. The molecule has 1 aromatic carbocycles. The molecule has 0 spiro atoms. The van der Waals surface area contributed by atoms with E-state index in [4.69, 9.17) is 0 Å². The lowest BCUT2D eigenvalue weighted by Crippen LogP contribution is -2.46. The van der Waals surface area contributed by atoms with Crippen LogP contribution in [0.5, 0.6) is 0 Å². The number of rotatable bonds is 6. The van der Waals surface area contributed by atoms with E-state index in [1.165, 1.54) is 0 Å². The predicted molar refractivity (Wildman–Crippen MR) is 91.1 cm³/mol. The van der Waals surface area contributed by atoms with E-state index in [0.717, 1.165) is 37.8 Å². The summed E-state index contributed by atoms with van der Waals surface area (Å²) >= 11 is 0. The molecule has 0 unspecified atom stereocenters. The van der Waals surface area contributed by atoms with Gasteiger partial charge in [0.05, 0.1) is 12.0 Å². The number of carbonyl (C=O) groups excluding carboxylic acids is 2. The van der Waals surface area contributed by atoms with Gasteiger partial charge in [0, 0.05) is 25.6 Å². The van der Waals surface area contributed by atoms with Gasteiger partial charge in [0.2, 0.25) is 11.8 Å². The van der Waals surface area contributed by atoms with Gasteiger partial charge in [0.15, 0.2) is 0 Å². The summed E-state index contributed by atoms with van der Waals surface area (Å²) in [6.45, 7) is 1.33. The van der Waals surface area contributed by atoms with Gasteiger partial charge in [-0.05, 0) is 37.7 Å². The van der Waals surface area contributed by atoms with Crippen LogP contribution in [0.15, 0.2) is 30.3 Å². The van der Waals surface area contributed by atoms with E-state index in [2.05, 4.69) is 5.32 Å². The number of aliphatic hydroxyl groups excluding tert-OH is 1. The van der Waals surface area contributed by atoms with E-state index in [1.54, 1.807) is 0 Å². The third-order valence-corrected chi connectivity index (χ3v) is 4.97. The number of nitrogens with one attached hydrogen (secondary N) is 1. The maximum Gasteiger partial charge on any atom is 0.225 e. The lowest BCUT2D eigenvalue weighted by atomic mass is 9.95. The number of nitrogens with zero attached hydrogens (tertiary/aromatic N) is 1. The zero-order valence-corrected chi connectivity index (χ0v) is 14.0. The van der Waals surface area contributed by atoms with Crippen LogP contribution in [0.3, 0.4) is 0 Å². The number of likely N-dealkylation sites (tertiary alicyclic amines) is 1. The normalized spacial score (nSPS) is 22.0. The van der Waals surface area contributed by atoms with Crippen molar-refractivity contribution in [1.29, 1.82) is 0 Å². The Balaban J connectivity index is 1.60. The second-order valence-corrected chi connectivity index (χ2v) is 6.88. The fourth-order valence-electron chi connectivity index (χ4n) is 3.41. The van der Waals surface area contributed by atoms with Crippen LogP contribution in [0, 0.1) is 11.8 Å². The van der Waals surface area contributed by atoms with Gasteiger partial charge in [0.25, 0.3) is 0 Å². The second-order valence-electron chi connectivity index (χ2n) is 6.88. The molecule has 3 rings (SSSR count). The van der Waals surface area contributed by atoms with E-state index in [9.17, 15) is 14.7 Å².